The van der Waals surface area contributed by atoms with Gasteiger partial charge in [0, 0.05) is 18.5 Å². The van der Waals surface area contributed by atoms with Gasteiger partial charge >= 0.3 is 0 Å². The Labute approximate surface area is 131 Å². The number of aromatic nitrogens is 1. The molecule has 2 rings (SSSR count). The Morgan fingerprint density at radius 2 is 1.90 bits per heavy atom. The van der Waals surface area contributed by atoms with Crippen molar-refractivity contribution in [2.45, 2.75) is 52.7 Å². The van der Waals surface area contributed by atoms with Gasteiger partial charge in [0.15, 0.2) is 0 Å². The zero-order valence-electron chi connectivity index (χ0n) is 13.6. The standard InChI is InChI=1S/C17H26N2OS/c1-11(12(2)18-10-15(20)17(3,4)5)16-19-13-8-6-7-9-14(13)21-16/h6-9,11-12,15,18,20H,10H2,1-5H3. The fourth-order valence-electron chi connectivity index (χ4n) is 2.08. The third kappa shape index (κ3) is 4.02. The molecule has 3 nitrogen and oxygen atoms in total. The molecule has 1 heterocycles. The van der Waals surface area contributed by atoms with E-state index in [2.05, 4.69) is 58.1 Å². The van der Waals surface area contributed by atoms with Crippen LogP contribution in [0.25, 0.3) is 10.2 Å². The van der Waals surface area contributed by atoms with Gasteiger partial charge in [0.1, 0.15) is 0 Å². The molecule has 0 radical (unpaired) electrons. The van der Waals surface area contributed by atoms with E-state index in [0.717, 1.165) is 10.5 Å². The van der Waals surface area contributed by atoms with E-state index < -0.39 is 0 Å². The van der Waals surface area contributed by atoms with Gasteiger partial charge in [-0.2, -0.15) is 0 Å². The van der Waals surface area contributed by atoms with Crippen LogP contribution in [0, 0.1) is 5.41 Å². The molecule has 1 aromatic heterocycles. The smallest absolute Gasteiger partial charge is 0.0982 e. The van der Waals surface area contributed by atoms with E-state index in [1.807, 2.05) is 6.07 Å². The lowest BCUT2D eigenvalue weighted by Crippen LogP contribution is -2.41. The molecule has 3 unspecified atom stereocenters. The van der Waals surface area contributed by atoms with Crippen LogP contribution in [-0.4, -0.2) is 28.8 Å². The van der Waals surface area contributed by atoms with Crippen LogP contribution in [0.4, 0.5) is 0 Å². The van der Waals surface area contributed by atoms with E-state index >= 15 is 0 Å². The van der Waals surface area contributed by atoms with Crippen molar-refractivity contribution >= 4 is 21.6 Å². The molecule has 0 aliphatic heterocycles. The molecular weight excluding hydrogens is 280 g/mol. The first-order valence-corrected chi connectivity index (χ1v) is 8.37. The van der Waals surface area contributed by atoms with Gasteiger partial charge in [-0.05, 0) is 24.5 Å². The molecule has 0 spiro atoms. The number of thiazole rings is 1. The number of fused-ring (bicyclic) bond motifs is 1. The van der Waals surface area contributed by atoms with Crippen LogP contribution < -0.4 is 5.32 Å². The zero-order valence-corrected chi connectivity index (χ0v) is 14.4. The van der Waals surface area contributed by atoms with Gasteiger partial charge in [0.2, 0.25) is 0 Å². The topological polar surface area (TPSA) is 45.1 Å². The molecule has 0 amide bonds. The van der Waals surface area contributed by atoms with E-state index in [1.165, 1.54) is 4.70 Å². The molecule has 21 heavy (non-hydrogen) atoms. The summed E-state index contributed by atoms with van der Waals surface area (Å²) >= 11 is 1.76. The predicted octanol–water partition coefficient (Wildman–Crippen LogP) is 3.78. The second-order valence-electron chi connectivity index (χ2n) is 6.89. The molecule has 3 atom stereocenters. The molecule has 4 heteroatoms. The van der Waals surface area contributed by atoms with Gasteiger partial charge in [-0.1, -0.05) is 39.8 Å². The average molecular weight is 306 g/mol. The molecule has 0 aliphatic rings. The van der Waals surface area contributed by atoms with Crippen molar-refractivity contribution in [2.75, 3.05) is 6.54 Å². The molecule has 1 aromatic carbocycles. The van der Waals surface area contributed by atoms with E-state index in [0.29, 0.717) is 12.5 Å². The maximum atomic E-state index is 10.1. The lowest BCUT2D eigenvalue weighted by Gasteiger charge is -2.28. The number of hydrogen-bond donors (Lipinski definition) is 2. The molecule has 0 bridgehead atoms. The van der Waals surface area contributed by atoms with Crippen LogP contribution in [0.3, 0.4) is 0 Å². The second kappa shape index (κ2) is 6.42. The van der Waals surface area contributed by atoms with Crippen LogP contribution in [0.5, 0.6) is 0 Å². The van der Waals surface area contributed by atoms with E-state index in [1.54, 1.807) is 11.3 Å². The van der Waals surface area contributed by atoms with Crippen LogP contribution in [0.2, 0.25) is 0 Å². The highest BCUT2D eigenvalue weighted by atomic mass is 32.1. The van der Waals surface area contributed by atoms with Gasteiger partial charge in [0.25, 0.3) is 0 Å². The molecule has 0 saturated carbocycles. The average Bonchev–Trinajstić information content (AvgIpc) is 2.86. The minimum atomic E-state index is -0.345. The number of nitrogens with one attached hydrogen (secondary N) is 1. The maximum absolute atomic E-state index is 10.1. The molecule has 0 fully saturated rings. The molecule has 116 valence electrons. The summed E-state index contributed by atoms with van der Waals surface area (Å²) in [5.74, 6) is 0.328. The Hall–Kier alpha value is -0.970. The number of aliphatic hydroxyl groups is 1. The van der Waals surface area contributed by atoms with Crippen molar-refractivity contribution in [2.24, 2.45) is 5.41 Å². The summed E-state index contributed by atoms with van der Waals surface area (Å²) in [5.41, 5.74) is 0.984. The number of aliphatic hydroxyl groups excluding tert-OH is 1. The molecule has 0 saturated heterocycles. The monoisotopic (exact) mass is 306 g/mol. The van der Waals surface area contributed by atoms with Crippen molar-refractivity contribution in [3.05, 3.63) is 29.3 Å². The first-order chi connectivity index (χ1) is 9.79. The Morgan fingerprint density at radius 1 is 1.24 bits per heavy atom. The van der Waals surface area contributed by atoms with Gasteiger partial charge in [-0.25, -0.2) is 4.98 Å². The largest absolute Gasteiger partial charge is 0.391 e. The fraction of sp³-hybridized carbons (Fsp3) is 0.588. The second-order valence-corrected chi connectivity index (χ2v) is 7.95. The molecular formula is C17H26N2OS. The van der Waals surface area contributed by atoms with Crippen LogP contribution in [0.15, 0.2) is 24.3 Å². The van der Waals surface area contributed by atoms with E-state index in [9.17, 15) is 5.11 Å². The summed E-state index contributed by atoms with van der Waals surface area (Å²) in [7, 11) is 0. The molecule has 0 aliphatic carbocycles. The Balaban J connectivity index is 2.00. The maximum Gasteiger partial charge on any atom is 0.0982 e. The number of hydrogen-bond acceptors (Lipinski definition) is 4. The van der Waals surface area contributed by atoms with Gasteiger partial charge in [0.05, 0.1) is 21.3 Å². The summed E-state index contributed by atoms with van der Waals surface area (Å²) in [6.45, 7) is 11.1. The minimum Gasteiger partial charge on any atom is -0.391 e. The summed E-state index contributed by atoms with van der Waals surface area (Å²) in [6.07, 6.45) is -0.345. The predicted molar refractivity (Wildman–Crippen MR) is 91.0 cm³/mol. The third-order valence-electron chi connectivity index (χ3n) is 4.08. The van der Waals surface area contributed by atoms with Gasteiger partial charge < -0.3 is 10.4 Å². The Morgan fingerprint density at radius 3 is 2.52 bits per heavy atom. The number of benzene rings is 1. The molecule has 2 aromatic rings. The normalized spacial score (nSPS) is 16.9. The van der Waals surface area contributed by atoms with Crippen molar-refractivity contribution in [1.29, 1.82) is 0 Å². The summed E-state index contributed by atoms with van der Waals surface area (Å²) in [6, 6.07) is 8.53. The highest BCUT2D eigenvalue weighted by Gasteiger charge is 2.24. The quantitative estimate of drug-likeness (QED) is 0.883. The van der Waals surface area contributed by atoms with E-state index in [4.69, 9.17) is 4.98 Å². The molecule has 2 N–H and O–H groups in total. The van der Waals surface area contributed by atoms with Gasteiger partial charge in [-0.3, -0.25) is 0 Å². The SMILES string of the molecule is CC(NCC(O)C(C)(C)C)C(C)c1nc2ccccc2s1. The Bertz CT molecular complexity index is 555. The summed E-state index contributed by atoms with van der Waals surface area (Å²) < 4.78 is 1.24. The van der Waals surface area contributed by atoms with Crippen LogP contribution >= 0.6 is 11.3 Å². The minimum absolute atomic E-state index is 0.0914. The highest BCUT2D eigenvalue weighted by Crippen LogP contribution is 2.29. The first kappa shape index (κ1) is 16.4. The zero-order chi connectivity index (χ0) is 15.6. The van der Waals surface area contributed by atoms with Crippen molar-refractivity contribution in [1.82, 2.24) is 10.3 Å². The van der Waals surface area contributed by atoms with Crippen LogP contribution in [-0.2, 0) is 0 Å². The summed E-state index contributed by atoms with van der Waals surface area (Å²) in [4.78, 5) is 4.73. The van der Waals surface area contributed by atoms with Crippen molar-refractivity contribution in [3.8, 4) is 0 Å². The fourth-order valence-corrected chi connectivity index (χ4v) is 3.20. The highest BCUT2D eigenvalue weighted by molar-refractivity contribution is 7.18. The van der Waals surface area contributed by atoms with E-state index in [-0.39, 0.29) is 17.6 Å². The summed E-state index contributed by atoms with van der Waals surface area (Å²) in [5, 5.41) is 14.7. The first-order valence-electron chi connectivity index (χ1n) is 7.56. The lowest BCUT2D eigenvalue weighted by atomic mass is 9.89. The number of nitrogens with zero attached hydrogens (tertiary/aromatic N) is 1. The van der Waals surface area contributed by atoms with Gasteiger partial charge in [-0.15, -0.1) is 11.3 Å². The lowest BCUT2D eigenvalue weighted by molar-refractivity contribution is 0.0603. The Kier molecular flexibility index (Phi) is 5.02. The van der Waals surface area contributed by atoms with Crippen molar-refractivity contribution < 1.29 is 5.11 Å². The number of rotatable bonds is 5. The van der Waals surface area contributed by atoms with Crippen molar-refractivity contribution in [3.63, 3.8) is 0 Å². The number of para-hydroxylation sites is 1. The third-order valence-corrected chi connectivity index (χ3v) is 5.32. The van der Waals surface area contributed by atoms with Crippen LogP contribution in [0.1, 0.15) is 45.5 Å².